The van der Waals surface area contributed by atoms with Gasteiger partial charge in [-0.15, -0.1) is 0 Å². The van der Waals surface area contributed by atoms with Gasteiger partial charge in [-0.1, -0.05) is 18.2 Å². The van der Waals surface area contributed by atoms with E-state index in [0.717, 1.165) is 16.5 Å². The van der Waals surface area contributed by atoms with Gasteiger partial charge < -0.3 is 29.0 Å². The van der Waals surface area contributed by atoms with E-state index in [1.807, 2.05) is 36.5 Å². The second kappa shape index (κ2) is 10.9. The van der Waals surface area contributed by atoms with Crippen LogP contribution in [-0.4, -0.2) is 85.4 Å². The Morgan fingerprint density at radius 2 is 1.94 bits per heavy atom. The molecule has 9 heteroatoms. The zero-order valence-corrected chi connectivity index (χ0v) is 18.8. The standard InChI is InChI=1S/C24H30N2O7/c1-17(28)26-16-20(19-4-2-3-5-21(19)26)18-14-22(24(29)25-6-9-30-10-7-25)33-23(15-18)32-13-12-31-11-8-27/h2-5,14,16,18,23,27H,6-13,15H2,1H3. The molecule has 33 heavy (non-hydrogen) atoms. The van der Waals surface area contributed by atoms with Gasteiger partial charge in [0.15, 0.2) is 5.76 Å². The van der Waals surface area contributed by atoms with E-state index in [4.69, 9.17) is 24.1 Å². The lowest BCUT2D eigenvalue weighted by atomic mass is 9.92. The van der Waals surface area contributed by atoms with Crippen LogP contribution < -0.4 is 0 Å². The molecule has 2 unspecified atom stereocenters. The molecular weight excluding hydrogens is 428 g/mol. The number of aromatic nitrogens is 1. The van der Waals surface area contributed by atoms with Gasteiger partial charge in [0.25, 0.3) is 5.91 Å². The summed E-state index contributed by atoms with van der Waals surface area (Å²) in [6, 6.07) is 7.73. The molecule has 2 aliphatic heterocycles. The number of rotatable bonds is 8. The first kappa shape index (κ1) is 23.4. The maximum Gasteiger partial charge on any atom is 0.288 e. The van der Waals surface area contributed by atoms with Crippen LogP contribution in [0.15, 0.2) is 42.3 Å². The maximum atomic E-state index is 13.2. The van der Waals surface area contributed by atoms with E-state index < -0.39 is 6.29 Å². The highest BCUT2D eigenvalue weighted by Gasteiger charge is 2.33. The molecule has 0 bridgehead atoms. The summed E-state index contributed by atoms with van der Waals surface area (Å²) in [7, 11) is 0. The lowest BCUT2D eigenvalue weighted by molar-refractivity contribution is -0.158. The molecule has 2 atom stereocenters. The molecule has 1 aromatic carbocycles. The zero-order chi connectivity index (χ0) is 23.2. The number of aliphatic hydroxyl groups excluding tert-OH is 1. The molecule has 9 nitrogen and oxygen atoms in total. The normalized spacial score (nSPS) is 21.0. The predicted molar refractivity (Wildman–Crippen MR) is 120 cm³/mol. The third kappa shape index (κ3) is 5.44. The first-order chi connectivity index (χ1) is 16.1. The van der Waals surface area contributed by atoms with Crippen LogP contribution in [0.4, 0.5) is 0 Å². The summed E-state index contributed by atoms with van der Waals surface area (Å²) in [5, 5.41) is 9.80. The molecule has 0 saturated carbocycles. The predicted octanol–water partition coefficient (Wildman–Crippen LogP) is 1.90. The second-order valence-corrected chi connectivity index (χ2v) is 8.02. The van der Waals surface area contributed by atoms with Crippen molar-refractivity contribution in [3.8, 4) is 0 Å². The molecule has 4 rings (SSSR count). The van der Waals surface area contributed by atoms with E-state index in [1.54, 1.807) is 9.47 Å². The number of hydrogen-bond acceptors (Lipinski definition) is 7. The Labute approximate surface area is 192 Å². The van der Waals surface area contributed by atoms with Crippen LogP contribution >= 0.6 is 0 Å². The summed E-state index contributed by atoms with van der Waals surface area (Å²) in [6.45, 7) is 4.31. The fraction of sp³-hybridized carbons (Fsp3) is 0.500. The monoisotopic (exact) mass is 458 g/mol. The third-order valence-electron chi connectivity index (χ3n) is 5.81. The van der Waals surface area contributed by atoms with Crippen LogP contribution in [0, 0.1) is 0 Å². The highest BCUT2D eigenvalue weighted by atomic mass is 16.7. The zero-order valence-electron chi connectivity index (χ0n) is 18.8. The topological polar surface area (TPSA) is 99.5 Å². The lowest BCUT2D eigenvalue weighted by Gasteiger charge is -2.33. The van der Waals surface area contributed by atoms with Crippen LogP contribution in [0.25, 0.3) is 10.9 Å². The minimum absolute atomic E-state index is 0.0524. The molecule has 2 aliphatic rings. The summed E-state index contributed by atoms with van der Waals surface area (Å²) in [4.78, 5) is 27.1. The Balaban J connectivity index is 1.61. The SMILES string of the molecule is CC(=O)n1cc(C2C=C(C(=O)N3CCOCC3)OC(OCCOCCO)C2)c2ccccc21. The van der Waals surface area contributed by atoms with Crippen molar-refractivity contribution in [3.63, 3.8) is 0 Å². The van der Waals surface area contributed by atoms with Gasteiger partial charge in [0.1, 0.15) is 0 Å². The van der Waals surface area contributed by atoms with Crippen molar-refractivity contribution < 1.29 is 33.6 Å². The Hall–Kier alpha value is -2.72. The second-order valence-electron chi connectivity index (χ2n) is 8.02. The van der Waals surface area contributed by atoms with Crippen LogP contribution in [0.5, 0.6) is 0 Å². The number of carbonyl (C=O) groups is 2. The molecule has 0 radical (unpaired) electrons. The van der Waals surface area contributed by atoms with Gasteiger partial charge in [0.2, 0.25) is 12.2 Å². The number of fused-ring (bicyclic) bond motifs is 1. The van der Waals surface area contributed by atoms with Gasteiger partial charge in [0, 0.05) is 43.9 Å². The number of carbonyl (C=O) groups excluding carboxylic acids is 2. The number of hydrogen-bond donors (Lipinski definition) is 1. The molecule has 1 N–H and O–H groups in total. The highest BCUT2D eigenvalue weighted by Crippen LogP contribution is 2.36. The number of allylic oxidation sites excluding steroid dienone is 1. The van der Waals surface area contributed by atoms with Crippen molar-refractivity contribution in [1.29, 1.82) is 0 Å². The van der Waals surface area contributed by atoms with Crippen molar-refractivity contribution in [3.05, 3.63) is 47.9 Å². The quantitative estimate of drug-likeness (QED) is 0.603. The Morgan fingerprint density at radius 3 is 2.70 bits per heavy atom. The number of aliphatic hydroxyl groups is 1. The fourth-order valence-corrected chi connectivity index (χ4v) is 4.22. The van der Waals surface area contributed by atoms with Gasteiger partial charge in [-0.05, 0) is 17.7 Å². The van der Waals surface area contributed by atoms with Crippen molar-refractivity contribution in [2.75, 3.05) is 52.7 Å². The van der Waals surface area contributed by atoms with Gasteiger partial charge in [-0.3, -0.25) is 14.2 Å². The largest absolute Gasteiger partial charge is 0.459 e. The molecule has 0 spiro atoms. The maximum absolute atomic E-state index is 13.2. The van der Waals surface area contributed by atoms with Gasteiger partial charge in [-0.2, -0.15) is 0 Å². The first-order valence-corrected chi connectivity index (χ1v) is 11.2. The molecule has 1 saturated heterocycles. The average molecular weight is 459 g/mol. The van der Waals surface area contributed by atoms with Crippen LogP contribution in [0.3, 0.4) is 0 Å². The van der Waals surface area contributed by atoms with E-state index in [2.05, 4.69) is 0 Å². The molecule has 1 aromatic heterocycles. The summed E-state index contributed by atoms with van der Waals surface area (Å²) < 4.78 is 24.1. The highest BCUT2D eigenvalue weighted by molar-refractivity contribution is 5.95. The number of amides is 1. The minimum Gasteiger partial charge on any atom is -0.459 e. The van der Waals surface area contributed by atoms with E-state index in [1.165, 1.54) is 6.92 Å². The average Bonchev–Trinajstić information content (AvgIpc) is 3.24. The fourth-order valence-electron chi connectivity index (χ4n) is 4.22. The molecule has 3 heterocycles. The van der Waals surface area contributed by atoms with Crippen molar-refractivity contribution in [1.82, 2.24) is 9.47 Å². The van der Waals surface area contributed by atoms with Crippen LogP contribution in [0.2, 0.25) is 0 Å². The number of morpholine rings is 1. The molecule has 1 fully saturated rings. The lowest BCUT2D eigenvalue weighted by Crippen LogP contribution is -2.43. The van der Waals surface area contributed by atoms with Gasteiger partial charge >= 0.3 is 0 Å². The number of benzene rings is 1. The Morgan fingerprint density at radius 1 is 1.15 bits per heavy atom. The first-order valence-electron chi connectivity index (χ1n) is 11.2. The van der Waals surface area contributed by atoms with Crippen LogP contribution in [0.1, 0.15) is 29.6 Å². The number of ether oxygens (including phenoxy) is 4. The smallest absolute Gasteiger partial charge is 0.288 e. The molecule has 1 amide bonds. The number of para-hydroxylation sites is 1. The summed E-state index contributed by atoms with van der Waals surface area (Å²) >= 11 is 0. The Bertz CT molecular complexity index is 1010. The minimum atomic E-state index is -0.642. The third-order valence-corrected chi connectivity index (χ3v) is 5.81. The van der Waals surface area contributed by atoms with E-state index in [9.17, 15) is 9.59 Å². The Kier molecular flexibility index (Phi) is 7.77. The summed E-state index contributed by atoms with van der Waals surface area (Å²) in [6.07, 6.45) is 3.53. The molecule has 0 aliphatic carbocycles. The van der Waals surface area contributed by atoms with E-state index >= 15 is 0 Å². The molecule has 2 aromatic rings. The van der Waals surface area contributed by atoms with E-state index in [-0.39, 0.29) is 43.3 Å². The molecule has 178 valence electrons. The van der Waals surface area contributed by atoms with E-state index in [0.29, 0.717) is 39.3 Å². The summed E-state index contributed by atoms with van der Waals surface area (Å²) in [5.74, 6) is -0.197. The van der Waals surface area contributed by atoms with Crippen LogP contribution in [-0.2, 0) is 23.7 Å². The number of nitrogens with zero attached hydrogens (tertiary/aromatic N) is 2. The van der Waals surface area contributed by atoms with Crippen molar-refractivity contribution >= 4 is 22.7 Å². The summed E-state index contributed by atoms with van der Waals surface area (Å²) in [5.41, 5.74) is 1.78. The van der Waals surface area contributed by atoms with Crippen molar-refractivity contribution in [2.45, 2.75) is 25.6 Å². The van der Waals surface area contributed by atoms with Gasteiger partial charge in [0.05, 0.1) is 45.2 Å². The molecular formula is C24H30N2O7. The van der Waals surface area contributed by atoms with Gasteiger partial charge in [-0.25, -0.2) is 0 Å². The van der Waals surface area contributed by atoms with Crippen molar-refractivity contribution in [2.24, 2.45) is 0 Å².